The van der Waals surface area contributed by atoms with Gasteiger partial charge < -0.3 is 5.32 Å². The minimum atomic E-state index is -0.368. The zero-order valence-electron chi connectivity index (χ0n) is 10.8. The van der Waals surface area contributed by atoms with E-state index in [1.807, 2.05) is 11.8 Å². The quantitative estimate of drug-likeness (QED) is 0.664. The van der Waals surface area contributed by atoms with Gasteiger partial charge in [0.15, 0.2) is 0 Å². The van der Waals surface area contributed by atoms with Gasteiger partial charge in [-0.1, -0.05) is 18.0 Å². The summed E-state index contributed by atoms with van der Waals surface area (Å²) in [7, 11) is 0. The highest BCUT2D eigenvalue weighted by atomic mass is 35.5. The standard InChI is InChI=1S/C13H17ClN2O2S/c1-19-11-4-2-3-10(8-11)15-12-7-9(14)5-6-13(12)16(17)18/h5-7,10-11,15H,2-4,8H2,1H3. The van der Waals surface area contributed by atoms with E-state index in [0.717, 1.165) is 19.3 Å². The summed E-state index contributed by atoms with van der Waals surface area (Å²) in [5, 5.41) is 15.5. The Labute approximate surface area is 122 Å². The fourth-order valence-corrected chi connectivity index (χ4v) is 3.49. The molecule has 19 heavy (non-hydrogen) atoms. The van der Waals surface area contributed by atoms with E-state index in [0.29, 0.717) is 22.0 Å². The average molecular weight is 301 g/mol. The fourth-order valence-electron chi connectivity index (χ4n) is 2.49. The Balaban J connectivity index is 2.13. The largest absolute Gasteiger partial charge is 0.377 e. The molecule has 1 aromatic rings. The van der Waals surface area contributed by atoms with Crippen molar-refractivity contribution < 1.29 is 4.92 Å². The van der Waals surface area contributed by atoms with Crippen LogP contribution in [0.3, 0.4) is 0 Å². The topological polar surface area (TPSA) is 55.2 Å². The van der Waals surface area contributed by atoms with Crippen molar-refractivity contribution in [3.05, 3.63) is 33.3 Å². The molecule has 2 rings (SSSR count). The first kappa shape index (κ1) is 14.5. The minimum absolute atomic E-state index is 0.0932. The minimum Gasteiger partial charge on any atom is -0.377 e. The predicted molar refractivity (Wildman–Crippen MR) is 81.3 cm³/mol. The van der Waals surface area contributed by atoms with Crippen molar-refractivity contribution in [3.63, 3.8) is 0 Å². The van der Waals surface area contributed by atoms with Crippen molar-refractivity contribution in [1.29, 1.82) is 0 Å². The van der Waals surface area contributed by atoms with Crippen LogP contribution >= 0.6 is 23.4 Å². The molecule has 0 bridgehead atoms. The molecule has 0 saturated heterocycles. The number of rotatable bonds is 4. The monoisotopic (exact) mass is 300 g/mol. The summed E-state index contributed by atoms with van der Waals surface area (Å²) >= 11 is 7.80. The van der Waals surface area contributed by atoms with Crippen LogP contribution in [-0.2, 0) is 0 Å². The summed E-state index contributed by atoms with van der Waals surface area (Å²) in [6.07, 6.45) is 6.62. The van der Waals surface area contributed by atoms with E-state index >= 15 is 0 Å². The normalized spacial score (nSPS) is 23.1. The number of nitrogens with zero attached hydrogens (tertiary/aromatic N) is 1. The van der Waals surface area contributed by atoms with Crippen molar-refractivity contribution in [1.82, 2.24) is 0 Å². The van der Waals surface area contributed by atoms with Gasteiger partial charge >= 0.3 is 0 Å². The van der Waals surface area contributed by atoms with Gasteiger partial charge in [0.25, 0.3) is 5.69 Å². The number of halogens is 1. The molecule has 104 valence electrons. The second-order valence-corrected chi connectivity index (χ2v) is 6.36. The third-order valence-corrected chi connectivity index (χ3v) is 4.80. The van der Waals surface area contributed by atoms with Gasteiger partial charge in [-0.25, -0.2) is 0 Å². The van der Waals surface area contributed by atoms with Gasteiger partial charge in [0.05, 0.1) is 4.92 Å². The van der Waals surface area contributed by atoms with Crippen LogP contribution in [0.5, 0.6) is 0 Å². The van der Waals surface area contributed by atoms with E-state index in [-0.39, 0.29) is 10.6 Å². The van der Waals surface area contributed by atoms with Crippen LogP contribution in [0.1, 0.15) is 25.7 Å². The third-order valence-electron chi connectivity index (χ3n) is 3.47. The average Bonchev–Trinajstić information content (AvgIpc) is 2.38. The van der Waals surface area contributed by atoms with E-state index in [9.17, 15) is 10.1 Å². The maximum Gasteiger partial charge on any atom is 0.292 e. The lowest BCUT2D eigenvalue weighted by Crippen LogP contribution is -2.28. The van der Waals surface area contributed by atoms with E-state index in [1.165, 1.54) is 12.5 Å². The van der Waals surface area contributed by atoms with Gasteiger partial charge in [0.2, 0.25) is 0 Å². The van der Waals surface area contributed by atoms with Crippen LogP contribution in [-0.4, -0.2) is 22.5 Å². The molecular weight excluding hydrogens is 284 g/mol. The summed E-state index contributed by atoms with van der Waals surface area (Å²) in [5.41, 5.74) is 0.625. The molecule has 2 unspecified atom stereocenters. The summed E-state index contributed by atoms with van der Waals surface area (Å²) < 4.78 is 0. The Morgan fingerprint density at radius 3 is 2.95 bits per heavy atom. The first-order valence-electron chi connectivity index (χ1n) is 6.33. The van der Waals surface area contributed by atoms with Crippen molar-refractivity contribution >= 4 is 34.7 Å². The molecule has 1 saturated carbocycles. The van der Waals surface area contributed by atoms with Crippen LogP contribution in [0.25, 0.3) is 0 Å². The molecule has 0 amide bonds. The Morgan fingerprint density at radius 2 is 2.26 bits per heavy atom. The van der Waals surface area contributed by atoms with Crippen molar-refractivity contribution in [3.8, 4) is 0 Å². The number of hydrogen-bond acceptors (Lipinski definition) is 4. The number of nitrogens with one attached hydrogen (secondary N) is 1. The molecule has 1 aliphatic carbocycles. The molecule has 0 radical (unpaired) electrons. The first-order valence-corrected chi connectivity index (χ1v) is 8.00. The van der Waals surface area contributed by atoms with Gasteiger partial charge in [-0.05, 0) is 37.7 Å². The Bertz CT molecular complexity index is 470. The SMILES string of the molecule is CSC1CCCC(Nc2cc(Cl)ccc2[N+](=O)[O-])C1. The molecular formula is C13H17ClN2O2S. The number of benzene rings is 1. The molecule has 0 spiro atoms. The Morgan fingerprint density at radius 1 is 1.47 bits per heavy atom. The summed E-state index contributed by atoms with van der Waals surface area (Å²) in [4.78, 5) is 10.6. The maximum absolute atomic E-state index is 11.0. The van der Waals surface area contributed by atoms with Gasteiger partial charge in [0, 0.05) is 22.4 Å². The van der Waals surface area contributed by atoms with Crippen LogP contribution in [0.15, 0.2) is 18.2 Å². The Kier molecular flexibility index (Phi) is 4.93. The van der Waals surface area contributed by atoms with Crippen LogP contribution in [0.2, 0.25) is 5.02 Å². The van der Waals surface area contributed by atoms with Crippen LogP contribution < -0.4 is 5.32 Å². The van der Waals surface area contributed by atoms with Crippen molar-refractivity contribution in [2.24, 2.45) is 0 Å². The fraction of sp³-hybridized carbons (Fsp3) is 0.538. The molecule has 4 nitrogen and oxygen atoms in total. The number of hydrogen-bond donors (Lipinski definition) is 1. The Hall–Kier alpha value is -0.940. The molecule has 0 aromatic heterocycles. The van der Waals surface area contributed by atoms with Gasteiger partial charge in [0.1, 0.15) is 5.69 Å². The van der Waals surface area contributed by atoms with Crippen molar-refractivity contribution in [2.75, 3.05) is 11.6 Å². The number of nitro groups is 1. The van der Waals surface area contributed by atoms with Crippen molar-refractivity contribution in [2.45, 2.75) is 37.0 Å². The predicted octanol–water partition coefficient (Wildman–Crippen LogP) is 4.33. The molecule has 1 aliphatic rings. The van der Waals surface area contributed by atoms with Gasteiger partial charge in [-0.2, -0.15) is 11.8 Å². The highest BCUT2D eigenvalue weighted by molar-refractivity contribution is 7.99. The molecule has 0 heterocycles. The number of thioether (sulfide) groups is 1. The number of nitro benzene ring substituents is 1. The maximum atomic E-state index is 11.0. The lowest BCUT2D eigenvalue weighted by Gasteiger charge is -2.29. The molecule has 1 fully saturated rings. The molecule has 1 N–H and O–H groups in total. The summed E-state index contributed by atoms with van der Waals surface area (Å²) in [6.45, 7) is 0. The molecule has 1 aromatic carbocycles. The lowest BCUT2D eigenvalue weighted by molar-refractivity contribution is -0.384. The van der Waals surface area contributed by atoms with Gasteiger partial charge in [-0.3, -0.25) is 10.1 Å². The third kappa shape index (κ3) is 3.76. The molecule has 0 aliphatic heterocycles. The number of anilines is 1. The molecule has 6 heteroatoms. The van der Waals surface area contributed by atoms with E-state index in [1.54, 1.807) is 12.1 Å². The lowest BCUT2D eigenvalue weighted by atomic mass is 9.94. The second kappa shape index (κ2) is 6.48. The highest BCUT2D eigenvalue weighted by Gasteiger charge is 2.23. The second-order valence-electron chi connectivity index (χ2n) is 4.78. The van der Waals surface area contributed by atoms with E-state index in [2.05, 4.69) is 11.6 Å². The zero-order valence-corrected chi connectivity index (χ0v) is 12.3. The van der Waals surface area contributed by atoms with E-state index < -0.39 is 0 Å². The van der Waals surface area contributed by atoms with E-state index in [4.69, 9.17) is 11.6 Å². The first-order chi connectivity index (χ1) is 9.10. The van der Waals surface area contributed by atoms with Gasteiger partial charge in [-0.15, -0.1) is 0 Å². The molecule has 2 atom stereocenters. The van der Waals surface area contributed by atoms with Crippen LogP contribution in [0, 0.1) is 10.1 Å². The smallest absolute Gasteiger partial charge is 0.292 e. The summed E-state index contributed by atoms with van der Waals surface area (Å²) in [6, 6.07) is 4.95. The highest BCUT2D eigenvalue weighted by Crippen LogP contribution is 2.33. The summed E-state index contributed by atoms with van der Waals surface area (Å²) in [5.74, 6) is 0. The zero-order chi connectivity index (χ0) is 13.8. The van der Waals surface area contributed by atoms with Crippen LogP contribution in [0.4, 0.5) is 11.4 Å².